The molecule has 0 saturated heterocycles. The molecular formula is C24H54N2O2. The zero-order valence-corrected chi connectivity index (χ0v) is 15.7. The third-order valence-corrected chi connectivity index (χ3v) is 2.83. The second-order valence-electron chi connectivity index (χ2n) is 5.45. The van der Waals surface area contributed by atoms with E-state index in [1.165, 1.54) is 0 Å². The van der Waals surface area contributed by atoms with Gasteiger partial charge in [-0.3, -0.25) is 9.59 Å². The van der Waals surface area contributed by atoms with Crippen molar-refractivity contribution < 1.29 is 9.59 Å². The minimum Gasteiger partial charge on any atom is -0.349 e. The molecule has 0 unspecified atom stereocenters. The number of amides is 2. The normalized spacial score (nSPS) is 8.93. The van der Waals surface area contributed by atoms with Crippen molar-refractivity contribution in [1.82, 2.24) is 9.80 Å². The zero-order chi connectivity index (χ0) is 18.1. The fourth-order valence-corrected chi connectivity index (χ4v) is 1.34. The highest BCUT2D eigenvalue weighted by Gasteiger charge is 1.98. The number of nitrogens with zero attached hydrogens (tertiary/aromatic N) is 2. The number of carbonyl (C=O) groups excluding carboxylic acids is 2. The molecule has 0 fully saturated rings. The van der Waals surface area contributed by atoms with Crippen molar-refractivity contribution in [3.63, 3.8) is 0 Å². The molecule has 4 nitrogen and oxygen atoms in total. The van der Waals surface area contributed by atoms with Gasteiger partial charge in [-0.15, -0.1) is 0 Å². The average molecular weight is 403 g/mol. The summed E-state index contributed by atoms with van der Waals surface area (Å²) < 4.78 is 0. The van der Waals surface area contributed by atoms with Crippen molar-refractivity contribution in [2.45, 2.75) is 83.1 Å². The topological polar surface area (TPSA) is 40.6 Å². The summed E-state index contributed by atoms with van der Waals surface area (Å²) in [5.41, 5.74) is 0. The first kappa shape index (κ1) is 45.1. The molecule has 0 aliphatic heterocycles. The van der Waals surface area contributed by atoms with E-state index in [0.717, 1.165) is 19.3 Å². The molecule has 2 amide bonds. The Morgan fingerprint density at radius 2 is 0.857 bits per heavy atom. The van der Waals surface area contributed by atoms with Gasteiger partial charge in [0.15, 0.2) is 0 Å². The Hall–Kier alpha value is -1.84. The summed E-state index contributed by atoms with van der Waals surface area (Å²) in [6.45, 7) is 4.16. The van der Waals surface area contributed by atoms with Crippen LogP contribution in [0.2, 0.25) is 0 Å². The van der Waals surface area contributed by atoms with E-state index >= 15 is 0 Å². The van der Waals surface area contributed by atoms with E-state index in [2.05, 4.69) is 26.0 Å². The van der Waals surface area contributed by atoms with Crippen LogP contribution in [0.25, 0.3) is 0 Å². The zero-order valence-electron chi connectivity index (χ0n) is 15.7. The fourth-order valence-electron chi connectivity index (χ4n) is 1.34. The van der Waals surface area contributed by atoms with Crippen LogP contribution in [0.3, 0.4) is 0 Å². The smallest absolute Gasteiger partial charge is 0.225 e. The van der Waals surface area contributed by atoms with Gasteiger partial charge in [0.2, 0.25) is 11.8 Å². The monoisotopic (exact) mass is 402 g/mol. The first-order valence-electron chi connectivity index (χ1n) is 8.22. The van der Waals surface area contributed by atoms with Crippen molar-refractivity contribution >= 4 is 11.8 Å². The van der Waals surface area contributed by atoms with Crippen molar-refractivity contribution in [2.24, 2.45) is 0 Å². The van der Waals surface area contributed by atoms with Gasteiger partial charge in [0, 0.05) is 41.0 Å². The van der Waals surface area contributed by atoms with Crippen LogP contribution in [0.4, 0.5) is 0 Å². The molecule has 0 heterocycles. The predicted molar refractivity (Wildman–Crippen MR) is 133 cm³/mol. The quantitative estimate of drug-likeness (QED) is 0.410. The summed E-state index contributed by atoms with van der Waals surface area (Å²) in [5, 5.41) is 0. The standard InChI is InChI=1S/C11H19NO.C8H15NO.5CH4/c1-4-5-6-7-8-9-10-11(13)12(2)3;1-4-5-6-7-8(10)9(2)3;;;;;/h5-6,8-9H,4,7,10H2,1-3H3;5-6H,4,7H2,1-3H3;5*1H4. The Bertz CT molecular complexity index is 395. The molecule has 0 rings (SSSR count). The van der Waals surface area contributed by atoms with Crippen LogP contribution in [-0.2, 0) is 9.59 Å². The molecule has 0 aliphatic rings. The van der Waals surface area contributed by atoms with Gasteiger partial charge in [0.25, 0.3) is 0 Å². The minimum absolute atomic E-state index is 0. The maximum atomic E-state index is 11.1. The molecule has 0 aliphatic carbocycles. The van der Waals surface area contributed by atoms with Crippen LogP contribution in [0.5, 0.6) is 0 Å². The maximum Gasteiger partial charge on any atom is 0.225 e. The molecule has 172 valence electrons. The summed E-state index contributed by atoms with van der Waals surface area (Å²) in [6, 6.07) is 0. The molecule has 0 N–H and O–H groups in total. The molecule has 0 saturated carbocycles. The number of carbonyl (C=O) groups is 2. The van der Waals surface area contributed by atoms with E-state index in [9.17, 15) is 9.59 Å². The maximum absolute atomic E-state index is 11.1. The summed E-state index contributed by atoms with van der Waals surface area (Å²) in [6.07, 6.45) is 16.1. The summed E-state index contributed by atoms with van der Waals surface area (Å²) >= 11 is 0. The van der Waals surface area contributed by atoms with Crippen LogP contribution >= 0.6 is 0 Å². The van der Waals surface area contributed by atoms with Crippen LogP contribution in [0, 0.1) is 0 Å². The molecule has 4 heteroatoms. The Balaban J connectivity index is -0.0000000546. The second-order valence-corrected chi connectivity index (χ2v) is 5.45. The lowest BCUT2D eigenvalue weighted by molar-refractivity contribution is -0.128. The molecular weight excluding hydrogens is 348 g/mol. The molecule has 0 spiro atoms. The van der Waals surface area contributed by atoms with Crippen molar-refractivity contribution in [2.75, 3.05) is 28.2 Å². The first-order chi connectivity index (χ1) is 10.9. The van der Waals surface area contributed by atoms with Crippen LogP contribution in [-0.4, -0.2) is 49.8 Å². The van der Waals surface area contributed by atoms with Gasteiger partial charge in [0.1, 0.15) is 0 Å². The van der Waals surface area contributed by atoms with Gasteiger partial charge < -0.3 is 9.80 Å². The van der Waals surface area contributed by atoms with Crippen molar-refractivity contribution in [1.29, 1.82) is 0 Å². The van der Waals surface area contributed by atoms with E-state index in [-0.39, 0.29) is 48.9 Å². The summed E-state index contributed by atoms with van der Waals surface area (Å²) in [5.74, 6) is 0.306. The molecule has 0 radical (unpaired) electrons. The van der Waals surface area contributed by atoms with Crippen molar-refractivity contribution in [3.8, 4) is 0 Å². The lowest BCUT2D eigenvalue weighted by atomic mass is 10.3. The van der Waals surface area contributed by atoms with Gasteiger partial charge >= 0.3 is 0 Å². The predicted octanol–water partition coefficient (Wildman–Crippen LogP) is 6.99. The lowest BCUT2D eigenvalue weighted by Gasteiger charge is -2.06. The third-order valence-electron chi connectivity index (χ3n) is 2.83. The van der Waals surface area contributed by atoms with E-state index in [1.807, 2.05) is 24.3 Å². The first-order valence-corrected chi connectivity index (χ1v) is 8.22. The van der Waals surface area contributed by atoms with E-state index in [0.29, 0.717) is 12.8 Å². The average Bonchev–Trinajstić information content (AvgIpc) is 2.51. The fraction of sp³-hybridized carbons (Fsp3) is 0.667. The van der Waals surface area contributed by atoms with Crippen LogP contribution in [0.1, 0.15) is 83.1 Å². The van der Waals surface area contributed by atoms with E-state index in [4.69, 9.17) is 0 Å². The molecule has 0 aromatic heterocycles. The SMILES string of the molecule is C.C.C.C.C.CCC=CCC(=O)N(C)C.CCC=CCC=CCC(=O)N(C)C. The highest BCUT2D eigenvalue weighted by molar-refractivity contribution is 5.77. The largest absolute Gasteiger partial charge is 0.349 e. The third kappa shape index (κ3) is 35.3. The number of allylic oxidation sites excluding steroid dienone is 4. The van der Waals surface area contributed by atoms with Gasteiger partial charge in [0.05, 0.1) is 0 Å². The highest BCUT2D eigenvalue weighted by Crippen LogP contribution is 1.93. The Morgan fingerprint density at radius 3 is 1.18 bits per heavy atom. The molecule has 0 bridgehead atoms. The van der Waals surface area contributed by atoms with E-state index < -0.39 is 0 Å². The summed E-state index contributed by atoms with van der Waals surface area (Å²) in [7, 11) is 7.07. The lowest BCUT2D eigenvalue weighted by Crippen LogP contribution is -2.20. The molecule has 28 heavy (non-hydrogen) atoms. The Kier molecular flexibility index (Phi) is 52.8. The minimum atomic E-state index is 0. The second kappa shape index (κ2) is 32.8. The number of hydrogen-bond donors (Lipinski definition) is 0. The molecule has 0 aromatic rings. The van der Waals surface area contributed by atoms with Gasteiger partial charge in [-0.25, -0.2) is 0 Å². The number of rotatable bonds is 8. The summed E-state index contributed by atoms with van der Waals surface area (Å²) in [4.78, 5) is 25.2. The van der Waals surface area contributed by atoms with E-state index in [1.54, 1.807) is 38.0 Å². The molecule has 0 atom stereocenters. The van der Waals surface area contributed by atoms with Gasteiger partial charge in [-0.05, 0) is 19.3 Å². The van der Waals surface area contributed by atoms with Gasteiger partial charge in [-0.1, -0.05) is 87.4 Å². The Morgan fingerprint density at radius 1 is 0.571 bits per heavy atom. The number of hydrogen-bond acceptors (Lipinski definition) is 2. The van der Waals surface area contributed by atoms with Crippen molar-refractivity contribution in [3.05, 3.63) is 36.5 Å². The van der Waals surface area contributed by atoms with Crippen LogP contribution < -0.4 is 0 Å². The van der Waals surface area contributed by atoms with Gasteiger partial charge in [-0.2, -0.15) is 0 Å². The highest BCUT2D eigenvalue weighted by atomic mass is 16.2. The Labute approximate surface area is 179 Å². The molecule has 0 aromatic carbocycles. The van der Waals surface area contributed by atoms with Crippen LogP contribution in [0.15, 0.2) is 36.5 Å².